The SMILES string of the molecule is Nc1nccn1CC(Oc1ccc2c(c1CCc1ccccc1)CCCC2=O)c1ccccc1. The summed E-state index contributed by atoms with van der Waals surface area (Å²) < 4.78 is 8.64. The number of fused-ring (bicyclic) bond motifs is 1. The van der Waals surface area contributed by atoms with Gasteiger partial charge in [-0.3, -0.25) is 4.79 Å². The third-order valence-electron chi connectivity index (χ3n) is 6.58. The highest BCUT2D eigenvalue weighted by Gasteiger charge is 2.24. The van der Waals surface area contributed by atoms with Crippen molar-refractivity contribution in [3.63, 3.8) is 0 Å². The number of hydrogen-bond acceptors (Lipinski definition) is 4. The molecule has 172 valence electrons. The van der Waals surface area contributed by atoms with Gasteiger partial charge in [-0.05, 0) is 60.1 Å². The van der Waals surface area contributed by atoms with Crippen molar-refractivity contribution in [1.29, 1.82) is 0 Å². The van der Waals surface area contributed by atoms with E-state index in [1.165, 1.54) is 5.56 Å². The molecule has 1 unspecified atom stereocenters. The number of ether oxygens (including phenoxy) is 1. The van der Waals surface area contributed by atoms with Gasteiger partial charge in [0.25, 0.3) is 0 Å². The Kier molecular flexibility index (Phi) is 6.43. The van der Waals surface area contributed by atoms with Crippen LogP contribution in [-0.2, 0) is 25.8 Å². The standard InChI is InChI=1S/C29H29N3O2/c30-29-31-18-19-32(29)20-28(22-10-5-2-6-11-22)34-27-17-16-24-23(12-7-13-26(24)33)25(27)15-14-21-8-3-1-4-9-21/h1-6,8-11,16-19,28H,7,12-15,20H2,(H2,30,31). The minimum Gasteiger partial charge on any atom is -0.484 e. The second-order valence-corrected chi connectivity index (χ2v) is 8.79. The lowest BCUT2D eigenvalue weighted by Gasteiger charge is -2.26. The molecule has 5 nitrogen and oxygen atoms in total. The fourth-order valence-corrected chi connectivity index (χ4v) is 4.78. The lowest BCUT2D eigenvalue weighted by Crippen LogP contribution is -2.19. The van der Waals surface area contributed by atoms with Gasteiger partial charge in [-0.2, -0.15) is 0 Å². The number of rotatable bonds is 8. The van der Waals surface area contributed by atoms with E-state index in [0.29, 0.717) is 18.9 Å². The summed E-state index contributed by atoms with van der Waals surface area (Å²) in [5, 5.41) is 0. The van der Waals surface area contributed by atoms with Crippen LogP contribution in [0.3, 0.4) is 0 Å². The number of carbonyl (C=O) groups excluding carboxylic acids is 1. The van der Waals surface area contributed by atoms with Crippen LogP contribution in [0.15, 0.2) is 85.2 Å². The molecule has 1 aliphatic rings. The largest absolute Gasteiger partial charge is 0.484 e. The molecule has 5 rings (SSSR count). The van der Waals surface area contributed by atoms with Gasteiger partial charge in [-0.25, -0.2) is 4.98 Å². The highest BCUT2D eigenvalue weighted by atomic mass is 16.5. The van der Waals surface area contributed by atoms with Crippen molar-refractivity contribution in [2.75, 3.05) is 5.73 Å². The minimum absolute atomic E-state index is 0.236. The van der Waals surface area contributed by atoms with Crippen molar-refractivity contribution < 1.29 is 9.53 Å². The molecule has 3 aromatic carbocycles. The van der Waals surface area contributed by atoms with Gasteiger partial charge >= 0.3 is 0 Å². The van der Waals surface area contributed by atoms with Crippen molar-refractivity contribution in [3.8, 4) is 5.75 Å². The fraction of sp³-hybridized carbons (Fsp3) is 0.241. The number of benzene rings is 3. The summed E-state index contributed by atoms with van der Waals surface area (Å²) in [5.41, 5.74) is 11.6. The van der Waals surface area contributed by atoms with Gasteiger partial charge in [0.1, 0.15) is 11.9 Å². The number of hydrogen-bond donors (Lipinski definition) is 1. The number of nitrogens with two attached hydrogens (primary N) is 1. The highest BCUT2D eigenvalue weighted by Crippen LogP contribution is 2.35. The summed E-state index contributed by atoms with van der Waals surface area (Å²) in [6.07, 6.45) is 7.47. The fourth-order valence-electron chi connectivity index (χ4n) is 4.78. The van der Waals surface area contributed by atoms with Crippen molar-refractivity contribution in [3.05, 3.63) is 113 Å². The van der Waals surface area contributed by atoms with Crippen molar-refractivity contribution in [1.82, 2.24) is 9.55 Å². The van der Waals surface area contributed by atoms with E-state index in [1.54, 1.807) is 6.20 Å². The second-order valence-electron chi connectivity index (χ2n) is 8.79. The lowest BCUT2D eigenvalue weighted by atomic mass is 9.85. The summed E-state index contributed by atoms with van der Waals surface area (Å²) in [6, 6.07) is 24.6. The quantitative estimate of drug-likeness (QED) is 0.379. The average molecular weight is 452 g/mol. The predicted molar refractivity (Wildman–Crippen MR) is 134 cm³/mol. The Balaban J connectivity index is 1.51. The van der Waals surface area contributed by atoms with E-state index in [1.807, 2.05) is 47.2 Å². The number of anilines is 1. The van der Waals surface area contributed by atoms with E-state index in [9.17, 15) is 4.79 Å². The van der Waals surface area contributed by atoms with E-state index in [4.69, 9.17) is 10.5 Å². The van der Waals surface area contributed by atoms with Gasteiger partial charge in [0.15, 0.2) is 11.7 Å². The lowest BCUT2D eigenvalue weighted by molar-refractivity contribution is 0.0972. The van der Waals surface area contributed by atoms with Gasteiger partial charge in [0.05, 0.1) is 6.54 Å². The van der Waals surface area contributed by atoms with E-state index in [2.05, 4.69) is 41.4 Å². The molecule has 4 aromatic rings. The molecule has 5 heteroatoms. The van der Waals surface area contributed by atoms with E-state index in [0.717, 1.165) is 53.7 Å². The van der Waals surface area contributed by atoms with Crippen LogP contribution in [0.4, 0.5) is 5.95 Å². The zero-order chi connectivity index (χ0) is 23.3. The Morgan fingerprint density at radius 3 is 2.44 bits per heavy atom. The summed E-state index contributed by atoms with van der Waals surface area (Å²) in [5.74, 6) is 1.54. The normalized spacial score (nSPS) is 13.9. The molecule has 1 aliphatic carbocycles. The Labute approximate surface area is 200 Å². The van der Waals surface area contributed by atoms with Crippen LogP contribution < -0.4 is 10.5 Å². The van der Waals surface area contributed by atoms with E-state index < -0.39 is 0 Å². The number of ketones is 1. The van der Waals surface area contributed by atoms with Gasteiger partial charge in [0.2, 0.25) is 0 Å². The molecule has 0 fully saturated rings. The van der Waals surface area contributed by atoms with Gasteiger partial charge < -0.3 is 15.0 Å². The summed E-state index contributed by atoms with van der Waals surface area (Å²) in [6.45, 7) is 0.546. The maximum absolute atomic E-state index is 12.7. The third kappa shape index (κ3) is 4.74. The molecule has 34 heavy (non-hydrogen) atoms. The monoisotopic (exact) mass is 451 g/mol. The van der Waals surface area contributed by atoms with Gasteiger partial charge in [-0.1, -0.05) is 60.7 Å². The van der Waals surface area contributed by atoms with Crippen LogP contribution >= 0.6 is 0 Å². The third-order valence-corrected chi connectivity index (χ3v) is 6.58. The van der Waals surface area contributed by atoms with Crippen LogP contribution in [0.1, 0.15) is 51.6 Å². The van der Waals surface area contributed by atoms with Crippen LogP contribution in [0.5, 0.6) is 5.75 Å². The number of nitrogens with zero attached hydrogens (tertiary/aromatic N) is 2. The first-order valence-electron chi connectivity index (χ1n) is 11.9. The second kappa shape index (κ2) is 9.96. The van der Waals surface area contributed by atoms with E-state index in [-0.39, 0.29) is 11.9 Å². The maximum atomic E-state index is 12.7. The van der Waals surface area contributed by atoms with Crippen LogP contribution in [0.2, 0.25) is 0 Å². The Hall–Kier alpha value is -3.86. The summed E-state index contributed by atoms with van der Waals surface area (Å²) in [4.78, 5) is 16.8. The first kappa shape index (κ1) is 22.0. The average Bonchev–Trinajstić information content (AvgIpc) is 3.28. The van der Waals surface area contributed by atoms with Crippen LogP contribution in [-0.4, -0.2) is 15.3 Å². The maximum Gasteiger partial charge on any atom is 0.200 e. The molecule has 0 saturated heterocycles. The van der Waals surface area contributed by atoms with Crippen LogP contribution in [0.25, 0.3) is 0 Å². The molecular weight excluding hydrogens is 422 g/mol. The predicted octanol–water partition coefficient (Wildman–Crippen LogP) is 5.59. The first-order valence-corrected chi connectivity index (χ1v) is 11.9. The first-order chi connectivity index (χ1) is 16.7. The molecule has 0 amide bonds. The molecule has 0 radical (unpaired) electrons. The minimum atomic E-state index is -0.245. The van der Waals surface area contributed by atoms with Crippen molar-refractivity contribution in [2.45, 2.75) is 44.8 Å². The Morgan fingerprint density at radius 2 is 1.71 bits per heavy atom. The van der Waals surface area contributed by atoms with Crippen molar-refractivity contribution in [2.24, 2.45) is 0 Å². The molecule has 2 N–H and O–H groups in total. The zero-order valence-corrected chi connectivity index (χ0v) is 19.2. The molecule has 0 spiro atoms. The Morgan fingerprint density at radius 1 is 0.941 bits per heavy atom. The molecule has 0 aliphatic heterocycles. The number of Topliss-reactive ketones (excluding diaryl/α,β-unsaturated/α-hetero) is 1. The molecular formula is C29H29N3O2. The molecule has 1 heterocycles. The van der Waals surface area contributed by atoms with Gasteiger partial charge in [-0.15, -0.1) is 0 Å². The van der Waals surface area contributed by atoms with Gasteiger partial charge in [0, 0.05) is 24.4 Å². The Bertz CT molecular complexity index is 1270. The van der Waals surface area contributed by atoms with E-state index >= 15 is 0 Å². The zero-order valence-electron chi connectivity index (χ0n) is 19.2. The number of aromatic nitrogens is 2. The van der Waals surface area contributed by atoms with Crippen molar-refractivity contribution >= 4 is 11.7 Å². The number of carbonyl (C=O) groups is 1. The summed E-state index contributed by atoms with van der Waals surface area (Å²) >= 11 is 0. The molecule has 0 saturated carbocycles. The molecule has 1 atom stereocenters. The smallest absolute Gasteiger partial charge is 0.200 e. The number of imidazole rings is 1. The number of nitrogen functional groups attached to an aromatic ring is 1. The highest BCUT2D eigenvalue weighted by molar-refractivity contribution is 5.99. The molecule has 0 bridgehead atoms. The molecule has 1 aromatic heterocycles. The van der Waals surface area contributed by atoms with Crippen LogP contribution in [0, 0.1) is 0 Å². The number of aryl methyl sites for hydroxylation is 1. The topological polar surface area (TPSA) is 70.1 Å². The summed E-state index contributed by atoms with van der Waals surface area (Å²) in [7, 11) is 0.